The molecule has 1 fully saturated rings. The highest BCUT2D eigenvalue weighted by atomic mass is 35.5. The number of aromatic amines is 1. The molecule has 3 aromatic rings. The van der Waals surface area contributed by atoms with Crippen molar-refractivity contribution < 1.29 is 9.90 Å². The summed E-state index contributed by atoms with van der Waals surface area (Å²) in [6.45, 7) is 1.21. The molecule has 0 aliphatic carbocycles. The summed E-state index contributed by atoms with van der Waals surface area (Å²) in [5.74, 6) is 0.648. The van der Waals surface area contributed by atoms with Gasteiger partial charge < -0.3 is 15.3 Å². The molecule has 1 amide bonds. The molecule has 0 radical (unpaired) electrons. The number of nitrogens with zero attached hydrogens (tertiary/aromatic N) is 4. The van der Waals surface area contributed by atoms with Crippen molar-refractivity contribution in [3.63, 3.8) is 0 Å². The smallest absolute Gasteiger partial charge is 0.404 e. The number of piperidine rings is 1. The van der Waals surface area contributed by atoms with E-state index in [4.69, 9.17) is 16.7 Å². The number of halogens is 1. The van der Waals surface area contributed by atoms with E-state index in [0.29, 0.717) is 29.3 Å². The first-order valence-electron chi connectivity index (χ1n) is 8.95. The summed E-state index contributed by atoms with van der Waals surface area (Å²) >= 11 is 6.34. The molecule has 0 unspecified atom stereocenters. The summed E-state index contributed by atoms with van der Waals surface area (Å²) in [4.78, 5) is 25.5. The predicted molar refractivity (Wildman–Crippen MR) is 104 cm³/mol. The van der Waals surface area contributed by atoms with E-state index in [1.54, 1.807) is 0 Å². The Labute approximate surface area is 164 Å². The van der Waals surface area contributed by atoms with Gasteiger partial charge in [-0.1, -0.05) is 29.8 Å². The molecule has 1 atom stereocenters. The number of amides is 1. The van der Waals surface area contributed by atoms with Crippen LogP contribution in [0.4, 0.5) is 10.6 Å². The quantitative estimate of drug-likeness (QED) is 0.613. The first-order valence-corrected chi connectivity index (χ1v) is 9.33. The Balaban J connectivity index is 1.77. The van der Waals surface area contributed by atoms with Gasteiger partial charge in [0, 0.05) is 36.1 Å². The lowest BCUT2D eigenvalue weighted by atomic mass is 10.0. The van der Waals surface area contributed by atoms with Gasteiger partial charge in [0.15, 0.2) is 5.82 Å². The van der Waals surface area contributed by atoms with Crippen LogP contribution in [0.3, 0.4) is 0 Å². The molecule has 9 nitrogen and oxygen atoms in total. The van der Waals surface area contributed by atoms with Crippen molar-refractivity contribution in [1.29, 1.82) is 0 Å². The van der Waals surface area contributed by atoms with Crippen LogP contribution < -0.4 is 15.8 Å². The van der Waals surface area contributed by atoms with Crippen LogP contribution in [0, 0.1) is 0 Å². The van der Waals surface area contributed by atoms with Crippen LogP contribution in [-0.4, -0.2) is 50.1 Å². The minimum absolute atomic E-state index is 0.194. The third kappa shape index (κ3) is 3.53. The lowest BCUT2D eigenvalue weighted by Gasteiger charge is -2.33. The summed E-state index contributed by atoms with van der Waals surface area (Å²) in [5.41, 5.74) is 1.71. The van der Waals surface area contributed by atoms with Gasteiger partial charge in [-0.3, -0.25) is 4.79 Å². The van der Waals surface area contributed by atoms with Crippen molar-refractivity contribution >= 4 is 29.0 Å². The van der Waals surface area contributed by atoms with Gasteiger partial charge in [0.05, 0.1) is 0 Å². The zero-order valence-corrected chi connectivity index (χ0v) is 15.7. The minimum Gasteiger partial charge on any atom is -0.465 e. The van der Waals surface area contributed by atoms with E-state index in [0.717, 1.165) is 30.5 Å². The molecule has 3 heterocycles. The topological polar surface area (TPSA) is 116 Å². The Morgan fingerprint density at radius 3 is 3.00 bits per heavy atom. The molecule has 10 heteroatoms. The highest BCUT2D eigenvalue weighted by Crippen LogP contribution is 2.29. The summed E-state index contributed by atoms with van der Waals surface area (Å²) in [5, 5.41) is 23.0. The summed E-state index contributed by atoms with van der Waals surface area (Å²) in [7, 11) is 0. The van der Waals surface area contributed by atoms with Crippen molar-refractivity contribution in [3.8, 4) is 0 Å². The van der Waals surface area contributed by atoms with Gasteiger partial charge in [0.2, 0.25) is 0 Å². The Morgan fingerprint density at radius 1 is 1.39 bits per heavy atom. The largest absolute Gasteiger partial charge is 0.465 e. The SMILES string of the molecule is O=C(O)N[C@@H]1CCCN(c2nn3cn[nH]c(=O)c3c2Cc2ccccc2Cl)C1. The van der Waals surface area contributed by atoms with E-state index in [2.05, 4.69) is 20.6 Å². The molecular formula is C18H19ClN6O3. The number of nitrogens with one attached hydrogen (secondary N) is 2. The molecule has 0 bridgehead atoms. The lowest BCUT2D eigenvalue weighted by molar-refractivity contribution is 0.188. The Kier molecular flexibility index (Phi) is 4.91. The molecule has 146 valence electrons. The average molecular weight is 403 g/mol. The lowest BCUT2D eigenvalue weighted by Crippen LogP contribution is -2.47. The molecule has 0 spiro atoms. The zero-order chi connectivity index (χ0) is 19.7. The molecule has 1 aliphatic heterocycles. The normalized spacial score (nSPS) is 17.0. The number of carbonyl (C=O) groups is 1. The van der Waals surface area contributed by atoms with Gasteiger partial charge in [-0.05, 0) is 24.5 Å². The van der Waals surface area contributed by atoms with Crippen molar-refractivity contribution in [2.75, 3.05) is 18.0 Å². The summed E-state index contributed by atoms with van der Waals surface area (Å²) in [6, 6.07) is 7.27. The van der Waals surface area contributed by atoms with Crippen LogP contribution in [0.1, 0.15) is 24.0 Å². The molecule has 2 aromatic heterocycles. The fourth-order valence-corrected chi connectivity index (χ4v) is 3.89. The molecule has 0 saturated carbocycles. The summed E-state index contributed by atoms with van der Waals surface area (Å²) < 4.78 is 1.47. The predicted octanol–water partition coefficient (Wildman–Crippen LogP) is 1.90. The first-order chi connectivity index (χ1) is 13.5. The van der Waals surface area contributed by atoms with E-state index < -0.39 is 6.09 Å². The van der Waals surface area contributed by atoms with Crippen LogP contribution in [0.2, 0.25) is 5.02 Å². The fraction of sp³-hybridized carbons (Fsp3) is 0.333. The van der Waals surface area contributed by atoms with Crippen LogP contribution in [-0.2, 0) is 6.42 Å². The number of hydrogen-bond donors (Lipinski definition) is 3. The maximum atomic E-state index is 12.5. The van der Waals surface area contributed by atoms with E-state index in [-0.39, 0.29) is 11.6 Å². The van der Waals surface area contributed by atoms with Crippen LogP contribution in [0.25, 0.3) is 5.52 Å². The Morgan fingerprint density at radius 2 is 2.21 bits per heavy atom. The number of carboxylic acid groups (broad SMARTS) is 1. The molecule has 28 heavy (non-hydrogen) atoms. The van der Waals surface area contributed by atoms with E-state index in [1.165, 1.54) is 10.8 Å². The van der Waals surface area contributed by atoms with Gasteiger partial charge in [0.25, 0.3) is 5.56 Å². The molecular weight excluding hydrogens is 384 g/mol. The van der Waals surface area contributed by atoms with Crippen LogP contribution >= 0.6 is 11.6 Å². The number of benzene rings is 1. The van der Waals surface area contributed by atoms with Gasteiger partial charge in [-0.15, -0.1) is 5.10 Å². The maximum absolute atomic E-state index is 12.5. The molecule has 4 rings (SSSR count). The highest BCUT2D eigenvalue weighted by Gasteiger charge is 2.27. The van der Waals surface area contributed by atoms with Crippen LogP contribution in [0.15, 0.2) is 35.4 Å². The molecule has 3 N–H and O–H groups in total. The molecule has 1 saturated heterocycles. The average Bonchev–Trinajstić information content (AvgIpc) is 3.03. The number of aromatic nitrogens is 4. The molecule has 1 aromatic carbocycles. The van der Waals surface area contributed by atoms with E-state index in [1.807, 2.05) is 29.2 Å². The van der Waals surface area contributed by atoms with Gasteiger partial charge in [0.1, 0.15) is 11.8 Å². The van der Waals surface area contributed by atoms with Crippen molar-refractivity contribution in [2.45, 2.75) is 25.3 Å². The second-order valence-electron chi connectivity index (χ2n) is 6.78. The number of fused-ring (bicyclic) bond motifs is 1. The van der Waals surface area contributed by atoms with Crippen LogP contribution in [0.5, 0.6) is 0 Å². The molecule has 1 aliphatic rings. The summed E-state index contributed by atoms with van der Waals surface area (Å²) in [6.07, 6.45) is 2.42. The highest BCUT2D eigenvalue weighted by molar-refractivity contribution is 6.31. The monoisotopic (exact) mass is 402 g/mol. The Hall–Kier alpha value is -3.07. The number of anilines is 1. The second-order valence-corrected chi connectivity index (χ2v) is 7.19. The van der Waals surface area contributed by atoms with Crippen molar-refractivity contribution in [1.82, 2.24) is 25.1 Å². The van der Waals surface area contributed by atoms with Crippen molar-refractivity contribution in [3.05, 3.63) is 57.1 Å². The van der Waals surface area contributed by atoms with E-state index >= 15 is 0 Å². The third-order valence-electron chi connectivity index (χ3n) is 4.91. The number of hydrogen-bond acceptors (Lipinski definition) is 5. The third-order valence-corrected chi connectivity index (χ3v) is 5.28. The van der Waals surface area contributed by atoms with Gasteiger partial charge >= 0.3 is 6.09 Å². The fourth-order valence-electron chi connectivity index (χ4n) is 3.69. The standard InChI is InChI=1S/C18H19ClN6O3/c19-14-6-2-1-4-11(14)8-13-15-17(26)22-20-10-25(15)23-16(13)24-7-3-5-12(9-24)21-18(27)28/h1-2,4,6,10,12,21H,3,5,7-9H2,(H,22,26)(H,27,28)/t12-/m1/s1. The second kappa shape index (κ2) is 7.51. The number of rotatable bonds is 4. The van der Waals surface area contributed by atoms with Gasteiger partial charge in [-0.2, -0.15) is 5.10 Å². The zero-order valence-electron chi connectivity index (χ0n) is 14.9. The van der Waals surface area contributed by atoms with E-state index in [9.17, 15) is 9.59 Å². The number of H-pyrrole nitrogens is 1. The van der Waals surface area contributed by atoms with Gasteiger partial charge in [-0.25, -0.2) is 14.4 Å². The Bertz CT molecular complexity index is 1080. The van der Waals surface area contributed by atoms with Crippen molar-refractivity contribution in [2.24, 2.45) is 0 Å². The maximum Gasteiger partial charge on any atom is 0.404 e. The minimum atomic E-state index is -1.04. The first kappa shape index (κ1) is 18.3.